The number of carbonyl (C=O) groups excluding carboxylic acids is 2. The molecule has 4 nitrogen and oxygen atoms in total. The zero-order valence-electron chi connectivity index (χ0n) is 11.1. The lowest BCUT2D eigenvalue weighted by Gasteiger charge is -2.37. The van der Waals surface area contributed by atoms with E-state index in [0.29, 0.717) is 6.42 Å². The molecule has 1 fully saturated rings. The van der Waals surface area contributed by atoms with Gasteiger partial charge in [0.15, 0.2) is 0 Å². The summed E-state index contributed by atoms with van der Waals surface area (Å²) in [5.41, 5.74) is 0. The first kappa shape index (κ1) is 15.8. The number of piperazine rings is 1. The third kappa shape index (κ3) is 4.40. The highest BCUT2D eigenvalue weighted by atomic mass is 19.4. The van der Waals surface area contributed by atoms with Crippen LogP contribution in [0.1, 0.15) is 39.5 Å². The maximum Gasteiger partial charge on any atom is 0.389 e. The highest BCUT2D eigenvalue weighted by Gasteiger charge is 2.36. The van der Waals surface area contributed by atoms with Crippen molar-refractivity contribution in [2.45, 2.75) is 57.8 Å². The average Bonchev–Trinajstić information content (AvgIpc) is 2.31. The molecule has 2 atom stereocenters. The molecular weight excluding hydrogens is 261 g/mol. The molecule has 19 heavy (non-hydrogen) atoms. The van der Waals surface area contributed by atoms with Gasteiger partial charge in [-0.2, -0.15) is 13.2 Å². The number of rotatable bonds is 5. The van der Waals surface area contributed by atoms with Gasteiger partial charge in [0.2, 0.25) is 11.8 Å². The minimum absolute atomic E-state index is 0.0294. The number of amides is 2. The van der Waals surface area contributed by atoms with Gasteiger partial charge < -0.3 is 10.2 Å². The van der Waals surface area contributed by atoms with Crippen LogP contribution in [0.15, 0.2) is 0 Å². The van der Waals surface area contributed by atoms with Crippen LogP contribution in [-0.2, 0) is 9.59 Å². The summed E-state index contributed by atoms with van der Waals surface area (Å²) in [4.78, 5) is 25.0. The standard InChI is InChI=1S/C12H19F3N2O2/c1-3-9-11(19)17(8(2)10(18)16-9)7-5-4-6-12(13,14)15/h8-9H,3-7H2,1-2H3,(H,16,18). The van der Waals surface area contributed by atoms with Crippen molar-refractivity contribution in [3.63, 3.8) is 0 Å². The fourth-order valence-electron chi connectivity index (χ4n) is 2.07. The lowest BCUT2D eigenvalue weighted by atomic mass is 10.1. The highest BCUT2D eigenvalue weighted by Crippen LogP contribution is 2.22. The molecule has 0 aliphatic carbocycles. The summed E-state index contributed by atoms with van der Waals surface area (Å²) < 4.78 is 36.0. The van der Waals surface area contributed by atoms with Crippen LogP contribution in [0.3, 0.4) is 0 Å². The molecule has 0 radical (unpaired) electrons. The Hall–Kier alpha value is -1.27. The molecule has 0 spiro atoms. The lowest BCUT2D eigenvalue weighted by Crippen LogP contribution is -2.62. The number of nitrogens with zero attached hydrogens (tertiary/aromatic N) is 1. The summed E-state index contributed by atoms with van der Waals surface area (Å²) >= 11 is 0. The molecule has 1 aliphatic rings. The number of halogens is 3. The van der Waals surface area contributed by atoms with Crippen molar-refractivity contribution < 1.29 is 22.8 Å². The van der Waals surface area contributed by atoms with Crippen molar-refractivity contribution in [1.82, 2.24) is 10.2 Å². The minimum Gasteiger partial charge on any atom is -0.343 e. The fourth-order valence-corrected chi connectivity index (χ4v) is 2.07. The molecule has 1 aliphatic heterocycles. The Morgan fingerprint density at radius 3 is 2.42 bits per heavy atom. The van der Waals surface area contributed by atoms with E-state index >= 15 is 0 Å². The largest absolute Gasteiger partial charge is 0.389 e. The van der Waals surface area contributed by atoms with Gasteiger partial charge in [0.1, 0.15) is 12.1 Å². The Bertz CT molecular complexity index is 344. The van der Waals surface area contributed by atoms with E-state index in [-0.39, 0.29) is 31.2 Å². The van der Waals surface area contributed by atoms with Gasteiger partial charge in [0.05, 0.1) is 0 Å². The van der Waals surface area contributed by atoms with Crippen LogP contribution in [0.4, 0.5) is 13.2 Å². The van der Waals surface area contributed by atoms with Crippen LogP contribution in [0.2, 0.25) is 0 Å². The molecular formula is C12H19F3N2O2. The second-order valence-corrected chi connectivity index (χ2v) is 4.75. The van der Waals surface area contributed by atoms with Gasteiger partial charge in [-0.15, -0.1) is 0 Å². The highest BCUT2D eigenvalue weighted by molar-refractivity contribution is 5.96. The number of alkyl halides is 3. The van der Waals surface area contributed by atoms with Crippen LogP contribution < -0.4 is 5.32 Å². The van der Waals surface area contributed by atoms with E-state index in [4.69, 9.17) is 0 Å². The van der Waals surface area contributed by atoms with Crippen molar-refractivity contribution in [2.75, 3.05) is 6.54 Å². The first-order valence-corrected chi connectivity index (χ1v) is 6.44. The van der Waals surface area contributed by atoms with E-state index < -0.39 is 24.7 Å². The van der Waals surface area contributed by atoms with Crippen LogP contribution >= 0.6 is 0 Å². The third-order valence-corrected chi connectivity index (χ3v) is 3.26. The summed E-state index contributed by atoms with van der Waals surface area (Å²) in [6.45, 7) is 3.56. The van der Waals surface area contributed by atoms with Crippen LogP contribution in [0.5, 0.6) is 0 Å². The van der Waals surface area contributed by atoms with Gasteiger partial charge in [0, 0.05) is 13.0 Å². The van der Waals surface area contributed by atoms with Gasteiger partial charge in [0.25, 0.3) is 0 Å². The smallest absolute Gasteiger partial charge is 0.343 e. The molecule has 1 heterocycles. The number of unbranched alkanes of at least 4 members (excludes halogenated alkanes) is 1. The summed E-state index contributed by atoms with van der Waals surface area (Å²) in [7, 11) is 0. The second kappa shape index (κ2) is 6.25. The predicted molar refractivity (Wildman–Crippen MR) is 63.3 cm³/mol. The van der Waals surface area contributed by atoms with E-state index in [1.54, 1.807) is 13.8 Å². The maximum absolute atomic E-state index is 12.0. The van der Waals surface area contributed by atoms with Crippen LogP contribution in [0.25, 0.3) is 0 Å². The molecule has 0 aromatic carbocycles. The monoisotopic (exact) mass is 280 g/mol. The van der Waals surface area contributed by atoms with E-state index in [9.17, 15) is 22.8 Å². The molecule has 2 unspecified atom stereocenters. The summed E-state index contributed by atoms with van der Waals surface area (Å²) in [5.74, 6) is -0.455. The van der Waals surface area contributed by atoms with Crippen LogP contribution in [-0.4, -0.2) is 41.5 Å². The first-order valence-electron chi connectivity index (χ1n) is 6.44. The zero-order chi connectivity index (χ0) is 14.6. The van der Waals surface area contributed by atoms with Crippen molar-refractivity contribution in [3.8, 4) is 0 Å². The van der Waals surface area contributed by atoms with Gasteiger partial charge in [-0.1, -0.05) is 6.92 Å². The van der Waals surface area contributed by atoms with Crippen molar-refractivity contribution in [1.29, 1.82) is 0 Å². The van der Waals surface area contributed by atoms with E-state index in [2.05, 4.69) is 5.32 Å². The van der Waals surface area contributed by atoms with Crippen LogP contribution in [0, 0.1) is 0 Å². The van der Waals surface area contributed by atoms with E-state index in [1.165, 1.54) is 4.90 Å². The number of nitrogens with one attached hydrogen (secondary N) is 1. The summed E-state index contributed by atoms with van der Waals surface area (Å²) in [6.07, 6.45) is -4.32. The molecule has 1 rings (SSSR count). The third-order valence-electron chi connectivity index (χ3n) is 3.26. The SMILES string of the molecule is CCC1NC(=O)C(C)N(CCCCC(F)(F)F)C1=O. The summed E-state index contributed by atoms with van der Waals surface area (Å²) in [6, 6.07) is -1.16. The second-order valence-electron chi connectivity index (χ2n) is 4.75. The molecule has 1 saturated heterocycles. The predicted octanol–water partition coefficient (Wildman–Crippen LogP) is 1.84. The van der Waals surface area contributed by atoms with Gasteiger partial charge in [-0.05, 0) is 26.2 Å². The molecule has 0 bridgehead atoms. The van der Waals surface area contributed by atoms with E-state index in [0.717, 1.165) is 0 Å². The molecule has 110 valence electrons. The Morgan fingerprint density at radius 1 is 1.26 bits per heavy atom. The molecule has 0 saturated carbocycles. The number of hydrogen-bond acceptors (Lipinski definition) is 2. The number of hydrogen-bond donors (Lipinski definition) is 1. The Labute approximate surface area is 110 Å². The molecule has 2 amide bonds. The topological polar surface area (TPSA) is 49.4 Å². The summed E-state index contributed by atoms with van der Waals surface area (Å²) in [5, 5.41) is 2.60. The van der Waals surface area contributed by atoms with Gasteiger partial charge in [-0.3, -0.25) is 9.59 Å². The quantitative estimate of drug-likeness (QED) is 0.781. The van der Waals surface area contributed by atoms with Crippen molar-refractivity contribution in [2.24, 2.45) is 0 Å². The van der Waals surface area contributed by atoms with Crippen molar-refractivity contribution >= 4 is 11.8 Å². The maximum atomic E-state index is 12.0. The first-order chi connectivity index (χ1) is 8.76. The van der Waals surface area contributed by atoms with Gasteiger partial charge in [-0.25, -0.2) is 0 Å². The molecule has 0 aromatic rings. The lowest BCUT2D eigenvalue weighted by molar-refractivity contribution is -0.149. The molecule has 0 aromatic heterocycles. The van der Waals surface area contributed by atoms with Crippen molar-refractivity contribution in [3.05, 3.63) is 0 Å². The van der Waals surface area contributed by atoms with Gasteiger partial charge >= 0.3 is 6.18 Å². The minimum atomic E-state index is -4.17. The fraction of sp³-hybridized carbons (Fsp3) is 0.833. The van der Waals surface area contributed by atoms with E-state index in [1.807, 2.05) is 0 Å². The average molecular weight is 280 g/mol. The molecule has 1 N–H and O–H groups in total. The normalized spacial score (nSPS) is 24.6. The Balaban J connectivity index is 2.50. The Kier molecular flexibility index (Phi) is 5.20. The number of carbonyl (C=O) groups is 2. The Morgan fingerprint density at radius 2 is 1.89 bits per heavy atom. The zero-order valence-corrected chi connectivity index (χ0v) is 11.1. The molecule has 7 heteroatoms.